The van der Waals surface area contributed by atoms with Crippen LogP contribution in [0.2, 0.25) is 0 Å². The van der Waals surface area contributed by atoms with E-state index in [-0.39, 0.29) is 28.8 Å². The molecule has 6 atom stereocenters. The van der Waals surface area contributed by atoms with E-state index in [0.717, 1.165) is 32.2 Å². The average molecular weight is 345 g/mol. The third-order valence-corrected chi connectivity index (χ3v) is 8.21. The van der Waals surface area contributed by atoms with E-state index in [4.69, 9.17) is 4.74 Å². The number of carbonyl (C=O) groups is 2. The van der Waals surface area contributed by atoms with Gasteiger partial charge in [-0.2, -0.15) is 0 Å². The molecule has 1 N–H and O–H groups in total. The molecule has 4 aliphatic rings. The second-order valence-corrected chi connectivity index (χ2v) is 9.26. The maximum atomic E-state index is 12.0. The summed E-state index contributed by atoms with van der Waals surface area (Å²) in [7, 11) is 0. The first-order valence-corrected chi connectivity index (χ1v) is 10.0. The molecule has 4 nitrogen and oxygen atoms in total. The highest BCUT2D eigenvalue weighted by Crippen LogP contribution is 2.65. The number of fused-ring (bicyclic) bond motifs is 5. The molecule has 3 saturated carbocycles. The van der Waals surface area contributed by atoms with Crippen molar-refractivity contribution >= 4 is 11.9 Å². The molecule has 4 rings (SSSR count). The molecule has 0 aromatic carbocycles. The molecule has 25 heavy (non-hydrogen) atoms. The van der Waals surface area contributed by atoms with Crippen LogP contribution in [0.4, 0.5) is 0 Å². The highest BCUT2D eigenvalue weighted by atomic mass is 16.5. The molecule has 3 aliphatic carbocycles. The summed E-state index contributed by atoms with van der Waals surface area (Å²) < 4.78 is 5.72. The third-order valence-electron chi connectivity index (χ3n) is 8.21. The van der Waals surface area contributed by atoms with E-state index in [1.54, 1.807) is 0 Å². The average Bonchev–Trinajstić information content (AvgIpc) is 2.77. The molecule has 0 bridgehead atoms. The molecule has 4 heteroatoms. The van der Waals surface area contributed by atoms with Crippen molar-refractivity contribution in [1.29, 1.82) is 0 Å². The smallest absolute Gasteiger partial charge is 0.302 e. The quantitative estimate of drug-likeness (QED) is 0.739. The van der Waals surface area contributed by atoms with E-state index in [9.17, 15) is 9.59 Å². The predicted molar refractivity (Wildman–Crippen MR) is 95.6 cm³/mol. The Hall–Kier alpha value is -1.32. The Morgan fingerprint density at radius 2 is 1.96 bits per heavy atom. The van der Waals surface area contributed by atoms with Crippen molar-refractivity contribution in [2.24, 2.45) is 28.6 Å². The molecule has 1 heterocycles. The number of nitrogens with one attached hydrogen (secondary N) is 1. The Balaban J connectivity index is 1.63. The highest BCUT2D eigenvalue weighted by molar-refractivity contribution is 5.88. The van der Waals surface area contributed by atoms with Crippen LogP contribution in [0.25, 0.3) is 0 Å². The zero-order valence-corrected chi connectivity index (χ0v) is 15.8. The summed E-state index contributed by atoms with van der Waals surface area (Å²) in [6.07, 6.45) is 9.82. The van der Waals surface area contributed by atoms with Gasteiger partial charge in [0, 0.05) is 25.0 Å². The van der Waals surface area contributed by atoms with E-state index >= 15 is 0 Å². The fraction of sp³-hybridized carbons (Fsp3) is 0.810. The lowest BCUT2D eigenvalue weighted by atomic mass is 9.48. The Kier molecular flexibility index (Phi) is 4.01. The number of hydrogen-bond acceptors (Lipinski definition) is 3. The lowest BCUT2D eigenvalue weighted by molar-refractivity contribution is -0.157. The summed E-state index contributed by atoms with van der Waals surface area (Å²) in [5.41, 5.74) is 1.67. The van der Waals surface area contributed by atoms with E-state index in [0.29, 0.717) is 17.8 Å². The van der Waals surface area contributed by atoms with Crippen molar-refractivity contribution in [1.82, 2.24) is 5.32 Å². The molecule has 0 aromatic rings. The molecule has 1 aliphatic heterocycles. The van der Waals surface area contributed by atoms with Gasteiger partial charge < -0.3 is 10.1 Å². The zero-order valence-electron chi connectivity index (χ0n) is 15.8. The monoisotopic (exact) mass is 345 g/mol. The van der Waals surface area contributed by atoms with Gasteiger partial charge in [0.25, 0.3) is 0 Å². The molecule has 6 unspecified atom stereocenters. The van der Waals surface area contributed by atoms with Crippen LogP contribution >= 0.6 is 0 Å². The summed E-state index contributed by atoms with van der Waals surface area (Å²) in [5, 5.41) is 3.03. The van der Waals surface area contributed by atoms with E-state index < -0.39 is 0 Å². The number of rotatable bonds is 1. The fourth-order valence-electron chi connectivity index (χ4n) is 6.91. The maximum absolute atomic E-state index is 12.0. The Morgan fingerprint density at radius 3 is 2.72 bits per heavy atom. The highest BCUT2D eigenvalue weighted by Gasteiger charge is 2.59. The zero-order chi connectivity index (χ0) is 17.8. The van der Waals surface area contributed by atoms with Gasteiger partial charge in [0.2, 0.25) is 5.91 Å². The molecule has 1 amide bonds. The molecule has 138 valence electrons. The van der Waals surface area contributed by atoms with Crippen molar-refractivity contribution < 1.29 is 14.3 Å². The molecular formula is C21H31NO3. The minimum Gasteiger partial charge on any atom is -0.462 e. The largest absolute Gasteiger partial charge is 0.462 e. The van der Waals surface area contributed by atoms with Crippen LogP contribution in [0.5, 0.6) is 0 Å². The minimum atomic E-state index is -0.136. The van der Waals surface area contributed by atoms with Gasteiger partial charge in [0.05, 0.1) is 0 Å². The lowest BCUT2D eigenvalue weighted by Crippen LogP contribution is -2.51. The van der Waals surface area contributed by atoms with Crippen LogP contribution in [0.1, 0.15) is 65.7 Å². The standard InChI is InChI=1S/C21H31NO3/c1-13(23)25-18-7-6-16-15-5-4-14-12-19(24)22-11-10-20(14,2)17(15)8-9-21(16,18)3/h12,15-18H,4-11H2,1-3H3,(H,22,24). The minimum absolute atomic E-state index is 0.0913. The Labute approximate surface area is 150 Å². The molecule has 0 aromatic heterocycles. The number of hydrogen-bond donors (Lipinski definition) is 1. The van der Waals surface area contributed by atoms with Gasteiger partial charge in [-0.25, -0.2) is 0 Å². The number of carbonyl (C=O) groups excluding carboxylic acids is 2. The van der Waals surface area contributed by atoms with Crippen LogP contribution < -0.4 is 5.32 Å². The predicted octanol–water partition coefficient (Wildman–Crippen LogP) is 3.61. The summed E-state index contributed by atoms with van der Waals surface area (Å²) in [6, 6.07) is 0. The van der Waals surface area contributed by atoms with Crippen molar-refractivity contribution in [3.05, 3.63) is 11.6 Å². The first-order chi connectivity index (χ1) is 11.8. The number of amides is 1. The third kappa shape index (κ3) is 2.55. The first-order valence-electron chi connectivity index (χ1n) is 10.0. The van der Waals surface area contributed by atoms with Crippen LogP contribution in [0.3, 0.4) is 0 Å². The summed E-state index contributed by atoms with van der Waals surface area (Å²) in [4.78, 5) is 23.5. The molecule has 0 spiro atoms. The number of allylic oxidation sites excluding steroid dienone is 1. The Morgan fingerprint density at radius 1 is 1.16 bits per heavy atom. The molecule has 3 fully saturated rings. The van der Waals surface area contributed by atoms with E-state index in [1.807, 2.05) is 6.08 Å². The summed E-state index contributed by atoms with van der Waals surface area (Å²) in [6.45, 7) is 7.09. The van der Waals surface area contributed by atoms with Gasteiger partial charge in [-0.3, -0.25) is 9.59 Å². The second-order valence-electron chi connectivity index (χ2n) is 9.26. The van der Waals surface area contributed by atoms with Gasteiger partial charge in [-0.15, -0.1) is 0 Å². The first kappa shape index (κ1) is 17.1. The van der Waals surface area contributed by atoms with Crippen molar-refractivity contribution in [3.63, 3.8) is 0 Å². The second kappa shape index (κ2) is 5.85. The lowest BCUT2D eigenvalue weighted by Gasteiger charge is -2.56. The van der Waals surface area contributed by atoms with Gasteiger partial charge in [-0.1, -0.05) is 19.4 Å². The van der Waals surface area contributed by atoms with Crippen LogP contribution in [-0.4, -0.2) is 24.5 Å². The topological polar surface area (TPSA) is 55.4 Å². The van der Waals surface area contributed by atoms with Crippen molar-refractivity contribution in [2.45, 2.75) is 71.8 Å². The van der Waals surface area contributed by atoms with Crippen molar-refractivity contribution in [2.75, 3.05) is 6.54 Å². The van der Waals surface area contributed by atoms with E-state index in [1.165, 1.54) is 31.8 Å². The van der Waals surface area contributed by atoms with E-state index in [2.05, 4.69) is 19.2 Å². The van der Waals surface area contributed by atoms with Crippen LogP contribution in [0, 0.1) is 28.6 Å². The summed E-state index contributed by atoms with van der Waals surface area (Å²) in [5.74, 6) is 1.97. The number of ether oxygens (including phenoxy) is 1. The van der Waals surface area contributed by atoms with Crippen molar-refractivity contribution in [3.8, 4) is 0 Å². The normalized spacial score (nSPS) is 46.0. The fourth-order valence-corrected chi connectivity index (χ4v) is 6.91. The maximum Gasteiger partial charge on any atom is 0.302 e. The summed E-state index contributed by atoms with van der Waals surface area (Å²) >= 11 is 0. The van der Waals surface area contributed by atoms with Gasteiger partial charge in [0.1, 0.15) is 6.10 Å². The van der Waals surface area contributed by atoms with Crippen LogP contribution in [0.15, 0.2) is 11.6 Å². The molecule has 0 radical (unpaired) electrons. The number of esters is 1. The molecule has 0 saturated heterocycles. The Bertz CT molecular complexity index is 627. The van der Waals surface area contributed by atoms with Gasteiger partial charge >= 0.3 is 5.97 Å². The van der Waals surface area contributed by atoms with Gasteiger partial charge in [0.15, 0.2) is 0 Å². The van der Waals surface area contributed by atoms with Gasteiger partial charge in [-0.05, 0) is 68.1 Å². The van der Waals surface area contributed by atoms with Crippen LogP contribution in [-0.2, 0) is 14.3 Å². The molecular weight excluding hydrogens is 314 g/mol. The SMILES string of the molecule is CC(=O)OC1CCC2C3CCC4=CC(=O)NCCC4(C)C3CCC12C.